The summed E-state index contributed by atoms with van der Waals surface area (Å²) in [5.74, 6) is 0.490. The monoisotopic (exact) mass is 164 g/mol. The Morgan fingerprint density at radius 2 is 2.08 bits per heavy atom. The molecule has 64 valence electrons. The number of amidine groups is 1. The molecule has 1 aromatic carbocycles. The van der Waals surface area contributed by atoms with E-state index in [4.69, 9.17) is 5.73 Å². The van der Waals surface area contributed by atoms with Crippen LogP contribution in [0.2, 0.25) is 0 Å². The zero-order chi connectivity index (χ0) is 8.81. The Bertz CT molecular complexity index is 256. The molecular weight excluding hydrogens is 152 g/mol. The Morgan fingerprint density at radius 1 is 1.42 bits per heavy atom. The number of rotatable bonds is 3. The van der Waals surface area contributed by atoms with Crippen LogP contribution in [-0.2, 0) is 11.3 Å². The lowest BCUT2D eigenvalue weighted by Gasteiger charge is -1.98. The molecule has 12 heavy (non-hydrogen) atoms. The third-order valence-corrected chi connectivity index (χ3v) is 1.44. The molecule has 1 rings (SSSR count). The second-order valence-corrected chi connectivity index (χ2v) is 2.43. The van der Waals surface area contributed by atoms with Crippen molar-refractivity contribution in [3.63, 3.8) is 0 Å². The topological polar surface area (TPSA) is 47.6 Å². The van der Waals surface area contributed by atoms with Gasteiger partial charge in [-0.15, -0.1) is 0 Å². The van der Waals surface area contributed by atoms with E-state index in [1.807, 2.05) is 30.3 Å². The lowest BCUT2D eigenvalue weighted by atomic mass is 10.1. The minimum absolute atomic E-state index is 0.490. The van der Waals surface area contributed by atoms with Gasteiger partial charge in [0, 0.05) is 6.42 Å². The van der Waals surface area contributed by atoms with Crippen LogP contribution in [0.3, 0.4) is 0 Å². The molecule has 0 saturated carbocycles. The number of nitrogens with two attached hydrogens (primary N) is 1. The molecule has 0 fully saturated rings. The van der Waals surface area contributed by atoms with Crippen molar-refractivity contribution in [3.8, 4) is 0 Å². The average Bonchev–Trinajstić information content (AvgIpc) is 2.06. The molecular formula is C9H12N2O. The lowest BCUT2D eigenvalue weighted by Crippen LogP contribution is -2.14. The summed E-state index contributed by atoms with van der Waals surface area (Å²) in [6, 6.07) is 9.90. The number of benzene rings is 1. The highest BCUT2D eigenvalue weighted by molar-refractivity contribution is 5.82. The first-order valence-corrected chi connectivity index (χ1v) is 3.72. The highest BCUT2D eigenvalue weighted by atomic mass is 16.6. The van der Waals surface area contributed by atoms with Crippen LogP contribution in [-0.4, -0.2) is 12.9 Å². The molecule has 1 aromatic rings. The van der Waals surface area contributed by atoms with Gasteiger partial charge in [0.05, 0.1) is 0 Å². The van der Waals surface area contributed by atoms with E-state index in [9.17, 15) is 0 Å². The summed E-state index contributed by atoms with van der Waals surface area (Å²) in [6.45, 7) is 0. The highest BCUT2D eigenvalue weighted by Crippen LogP contribution is 1.98. The van der Waals surface area contributed by atoms with E-state index in [2.05, 4.69) is 9.99 Å². The number of oxime groups is 1. The van der Waals surface area contributed by atoms with Crippen LogP contribution in [0.15, 0.2) is 35.5 Å². The third kappa shape index (κ3) is 2.62. The van der Waals surface area contributed by atoms with Crippen molar-refractivity contribution >= 4 is 5.84 Å². The van der Waals surface area contributed by atoms with Gasteiger partial charge in [0.1, 0.15) is 12.9 Å². The quantitative estimate of drug-likeness (QED) is 0.414. The van der Waals surface area contributed by atoms with Crippen LogP contribution >= 0.6 is 0 Å². The van der Waals surface area contributed by atoms with Crippen molar-refractivity contribution in [3.05, 3.63) is 35.9 Å². The molecule has 0 aromatic heterocycles. The molecule has 0 atom stereocenters. The highest BCUT2D eigenvalue weighted by Gasteiger charge is 1.94. The third-order valence-electron chi connectivity index (χ3n) is 1.44. The molecule has 3 nitrogen and oxygen atoms in total. The number of hydrogen-bond donors (Lipinski definition) is 1. The van der Waals surface area contributed by atoms with E-state index in [1.165, 1.54) is 7.11 Å². The van der Waals surface area contributed by atoms with Gasteiger partial charge in [0.2, 0.25) is 0 Å². The number of hydrogen-bond acceptors (Lipinski definition) is 2. The first-order valence-electron chi connectivity index (χ1n) is 3.72. The van der Waals surface area contributed by atoms with E-state index < -0.39 is 0 Å². The molecule has 0 spiro atoms. The van der Waals surface area contributed by atoms with Crippen LogP contribution in [0.5, 0.6) is 0 Å². The zero-order valence-corrected chi connectivity index (χ0v) is 7.03. The molecule has 3 heteroatoms. The largest absolute Gasteiger partial charge is 0.398 e. The zero-order valence-electron chi connectivity index (χ0n) is 7.03. The van der Waals surface area contributed by atoms with E-state index in [1.54, 1.807) is 0 Å². The first-order chi connectivity index (χ1) is 5.83. The summed E-state index contributed by atoms with van der Waals surface area (Å²) in [7, 11) is 1.48. The Balaban J connectivity index is 2.58. The van der Waals surface area contributed by atoms with Gasteiger partial charge in [-0.3, -0.25) is 0 Å². The summed E-state index contributed by atoms with van der Waals surface area (Å²) in [4.78, 5) is 4.54. The van der Waals surface area contributed by atoms with Crippen molar-refractivity contribution in [1.82, 2.24) is 0 Å². The van der Waals surface area contributed by atoms with Crippen molar-refractivity contribution in [2.24, 2.45) is 10.9 Å². The van der Waals surface area contributed by atoms with Crippen LogP contribution in [0.25, 0.3) is 0 Å². The van der Waals surface area contributed by atoms with Gasteiger partial charge in [-0.1, -0.05) is 35.5 Å². The first kappa shape index (κ1) is 8.59. The van der Waals surface area contributed by atoms with E-state index in [0.29, 0.717) is 12.3 Å². The molecule has 0 heterocycles. The SMILES string of the molecule is CO/N=C(\N)Cc1ccccc1. The Morgan fingerprint density at radius 3 is 2.67 bits per heavy atom. The van der Waals surface area contributed by atoms with E-state index in [0.717, 1.165) is 5.56 Å². The normalized spacial score (nSPS) is 11.2. The van der Waals surface area contributed by atoms with Gasteiger partial charge < -0.3 is 10.6 Å². The minimum atomic E-state index is 0.490. The summed E-state index contributed by atoms with van der Waals surface area (Å²) in [5.41, 5.74) is 6.68. The van der Waals surface area contributed by atoms with Crippen LogP contribution in [0.1, 0.15) is 5.56 Å². The molecule has 2 N–H and O–H groups in total. The Kier molecular flexibility index (Phi) is 3.14. The molecule has 0 aliphatic heterocycles. The van der Waals surface area contributed by atoms with Crippen LogP contribution in [0, 0.1) is 0 Å². The van der Waals surface area contributed by atoms with E-state index >= 15 is 0 Å². The molecule has 0 radical (unpaired) electrons. The molecule has 0 aliphatic rings. The molecule has 0 bridgehead atoms. The predicted molar refractivity (Wildman–Crippen MR) is 48.8 cm³/mol. The second kappa shape index (κ2) is 4.38. The van der Waals surface area contributed by atoms with Crippen LogP contribution < -0.4 is 5.73 Å². The van der Waals surface area contributed by atoms with E-state index in [-0.39, 0.29) is 0 Å². The number of nitrogens with zero attached hydrogens (tertiary/aromatic N) is 1. The fraction of sp³-hybridized carbons (Fsp3) is 0.222. The minimum Gasteiger partial charge on any atom is -0.398 e. The van der Waals surface area contributed by atoms with Crippen molar-refractivity contribution < 1.29 is 4.84 Å². The maximum absolute atomic E-state index is 5.54. The van der Waals surface area contributed by atoms with Gasteiger partial charge in [-0.25, -0.2) is 0 Å². The second-order valence-electron chi connectivity index (χ2n) is 2.43. The average molecular weight is 164 g/mol. The summed E-state index contributed by atoms with van der Waals surface area (Å²) in [5, 5.41) is 3.61. The molecule has 0 saturated heterocycles. The summed E-state index contributed by atoms with van der Waals surface area (Å²) >= 11 is 0. The fourth-order valence-electron chi connectivity index (χ4n) is 0.955. The van der Waals surface area contributed by atoms with Gasteiger partial charge in [-0.2, -0.15) is 0 Å². The smallest absolute Gasteiger partial charge is 0.143 e. The molecule has 0 unspecified atom stereocenters. The summed E-state index contributed by atoms with van der Waals surface area (Å²) < 4.78 is 0. The van der Waals surface area contributed by atoms with Gasteiger partial charge in [-0.05, 0) is 5.56 Å². The fourth-order valence-corrected chi connectivity index (χ4v) is 0.955. The Labute approximate surface area is 71.8 Å². The van der Waals surface area contributed by atoms with Gasteiger partial charge >= 0.3 is 0 Å². The van der Waals surface area contributed by atoms with Crippen molar-refractivity contribution in [2.75, 3.05) is 7.11 Å². The van der Waals surface area contributed by atoms with Crippen molar-refractivity contribution in [2.45, 2.75) is 6.42 Å². The van der Waals surface area contributed by atoms with Crippen LogP contribution in [0.4, 0.5) is 0 Å². The lowest BCUT2D eigenvalue weighted by molar-refractivity contribution is 0.212. The Hall–Kier alpha value is -1.51. The molecule has 0 amide bonds. The summed E-state index contributed by atoms with van der Waals surface area (Å²) in [6.07, 6.45) is 0.634. The van der Waals surface area contributed by atoms with Gasteiger partial charge in [0.25, 0.3) is 0 Å². The van der Waals surface area contributed by atoms with Gasteiger partial charge in [0.15, 0.2) is 0 Å². The predicted octanol–water partition coefficient (Wildman–Crippen LogP) is 1.15. The van der Waals surface area contributed by atoms with Crippen molar-refractivity contribution in [1.29, 1.82) is 0 Å². The standard InChI is InChI=1S/C9H12N2O/c1-12-11-9(10)7-8-5-3-2-4-6-8/h2-6H,7H2,1H3,(H2,10,11). The maximum Gasteiger partial charge on any atom is 0.143 e. The molecule has 0 aliphatic carbocycles. The maximum atomic E-state index is 5.54.